The molecule has 1 saturated heterocycles. The molecule has 1 aliphatic heterocycles. The minimum atomic E-state index is 0.244. The average Bonchev–Trinajstić information content (AvgIpc) is 2.99. The molecule has 3 N–H and O–H groups in total. The molecule has 0 saturated carbocycles. The van der Waals surface area contributed by atoms with Crippen LogP contribution in [0.5, 0.6) is 5.75 Å². The second kappa shape index (κ2) is 7.75. The third kappa shape index (κ3) is 4.74. The summed E-state index contributed by atoms with van der Waals surface area (Å²) in [6, 6.07) is 8.03. The summed E-state index contributed by atoms with van der Waals surface area (Å²) in [5, 5.41) is 3.12. The fraction of sp³-hybridized carbons (Fsp3) is 0.533. The van der Waals surface area contributed by atoms with Crippen molar-refractivity contribution in [1.82, 2.24) is 5.32 Å². The van der Waals surface area contributed by atoms with Gasteiger partial charge < -0.3 is 20.5 Å². The Labute approximate surface area is 120 Å². The minimum Gasteiger partial charge on any atom is -0.497 e. The quantitative estimate of drug-likeness (QED) is 0.608. The first-order chi connectivity index (χ1) is 9.78. The molecular weight excluding hydrogens is 254 g/mol. The number of rotatable bonds is 6. The van der Waals surface area contributed by atoms with Crippen LogP contribution in [0.3, 0.4) is 0 Å². The van der Waals surface area contributed by atoms with E-state index in [1.54, 1.807) is 7.11 Å². The second-order valence-corrected chi connectivity index (χ2v) is 4.89. The number of nitrogens with two attached hydrogens (primary N) is 1. The zero-order valence-corrected chi connectivity index (χ0v) is 12.0. The van der Waals surface area contributed by atoms with Gasteiger partial charge in [-0.2, -0.15) is 0 Å². The van der Waals surface area contributed by atoms with E-state index in [0.29, 0.717) is 12.5 Å². The maximum atomic E-state index is 5.83. The summed E-state index contributed by atoms with van der Waals surface area (Å²) in [4.78, 5) is 4.30. The largest absolute Gasteiger partial charge is 0.497 e. The van der Waals surface area contributed by atoms with E-state index >= 15 is 0 Å². The molecule has 110 valence electrons. The van der Waals surface area contributed by atoms with E-state index in [4.69, 9.17) is 15.2 Å². The smallest absolute Gasteiger partial charge is 0.188 e. The molecule has 1 heterocycles. The normalized spacial score (nSPS) is 19.1. The standard InChI is InChI=1S/C15H23N3O2/c1-19-13-5-2-4-12(10-13)7-8-17-15(16)18-11-14-6-3-9-20-14/h2,4-5,10,14H,3,6-9,11H2,1H3,(H3,16,17,18). The Kier molecular flexibility index (Phi) is 5.68. The highest BCUT2D eigenvalue weighted by Gasteiger charge is 2.14. The lowest BCUT2D eigenvalue weighted by Gasteiger charge is -2.09. The van der Waals surface area contributed by atoms with Gasteiger partial charge in [0.25, 0.3) is 0 Å². The molecule has 20 heavy (non-hydrogen) atoms. The summed E-state index contributed by atoms with van der Waals surface area (Å²) in [6.07, 6.45) is 3.34. The highest BCUT2D eigenvalue weighted by atomic mass is 16.5. The van der Waals surface area contributed by atoms with Gasteiger partial charge in [0, 0.05) is 13.2 Å². The molecule has 0 bridgehead atoms. The van der Waals surface area contributed by atoms with E-state index in [0.717, 1.165) is 38.2 Å². The molecule has 1 fully saturated rings. The summed E-state index contributed by atoms with van der Waals surface area (Å²) in [6.45, 7) is 2.26. The van der Waals surface area contributed by atoms with E-state index in [1.165, 1.54) is 5.56 Å². The van der Waals surface area contributed by atoms with Crippen LogP contribution in [-0.4, -0.2) is 38.9 Å². The number of ether oxygens (including phenoxy) is 2. The van der Waals surface area contributed by atoms with Gasteiger partial charge in [0.05, 0.1) is 19.8 Å². The number of hydrogen-bond acceptors (Lipinski definition) is 3. The van der Waals surface area contributed by atoms with Crippen LogP contribution >= 0.6 is 0 Å². The molecule has 0 spiro atoms. The van der Waals surface area contributed by atoms with Gasteiger partial charge in [-0.15, -0.1) is 0 Å². The summed E-state index contributed by atoms with van der Waals surface area (Å²) in [5.41, 5.74) is 7.04. The first-order valence-electron chi connectivity index (χ1n) is 7.06. The molecule has 1 atom stereocenters. The van der Waals surface area contributed by atoms with Crippen LogP contribution in [0.1, 0.15) is 18.4 Å². The number of benzene rings is 1. The lowest BCUT2D eigenvalue weighted by atomic mass is 10.1. The van der Waals surface area contributed by atoms with E-state index in [1.807, 2.05) is 18.2 Å². The predicted molar refractivity (Wildman–Crippen MR) is 80.2 cm³/mol. The van der Waals surface area contributed by atoms with E-state index in [-0.39, 0.29) is 6.10 Å². The lowest BCUT2D eigenvalue weighted by Crippen LogP contribution is -2.34. The van der Waals surface area contributed by atoms with Gasteiger partial charge in [-0.25, -0.2) is 0 Å². The van der Waals surface area contributed by atoms with Crippen LogP contribution in [-0.2, 0) is 11.2 Å². The second-order valence-electron chi connectivity index (χ2n) is 4.89. The van der Waals surface area contributed by atoms with Gasteiger partial charge in [-0.1, -0.05) is 12.1 Å². The molecule has 0 aromatic heterocycles. The Morgan fingerprint density at radius 1 is 1.55 bits per heavy atom. The van der Waals surface area contributed by atoms with Crippen molar-refractivity contribution < 1.29 is 9.47 Å². The molecular formula is C15H23N3O2. The molecule has 1 aromatic rings. The van der Waals surface area contributed by atoms with Crippen LogP contribution in [0.25, 0.3) is 0 Å². The third-order valence-corrected chi connectivity index (χ3v) is 3.34. The van der Waals surface area contributed by atoms with Crippen LogP contribution in [0.2, 0.25) is 0 Å². The summed E-state index contributed by atoms with van der Waals surface area (Å²) < 4.78 is 10.7. The van der Waals surface area contributed by atoms with E-state index < -0.39 is 0 Å². The molecule has 1 aliphatic rings. The van der Waals surface area contributed by atoms with Gasteiger partial charge in [-0.3, -0.25) is 4.99 Å². The zero-order chi connectivity index (χ0) is 14.2. The number of nitrogens with one attached hydrogen (secondary N) is 1. The Morgan fingerprint density at radius 2 is 2.45 bits per heavy atom. The molecule has 1 aromatic carbocycles. The molecule has 5 nitrogen and oxygen atoms in total. The van der Waals surface area contributed by atoms with Gasteiger partial charge in [-0.05, 0) is 37.0 Å². The maximum Gasteiger partial charge on any atom is 0.188 e. The van der Waals surface area contributed by atoms with Crippen molar-refractivity contribution in [3.8, 4) is 5.75 Å². The predicted octanol–water partition coefficient (Wildman–Crippen LogP) is 1.32. The van der Waals surface area contributed by atoms with E-state index in [9.17, 15) is 0 Å². The fourth-order valence-electron chi connectivity index (χ4n) is 2.21. The molecule has 2 rings (SSSR count). The van der Waals surface area contributed by atoms with Crippen molar-refractivity contribution in [2.24, 2.45) is 10.7 Å². The molecule has 1 unspecified atom stereocenters. The first-order valence-corrected chi connectivity index (χ1v) is 7.06. The molecule has 0 aliphatic carbocycles. The third-order valence-electron chi connectivity index (χ3n) is 3.34. The van der Waals surface area contributed by atoms with Crippen molar-refractivity contribution >= 4 is 5.96 Å². The number of aliphatic imine (C=N–C) groups is 1. The highest BCUT2D eigenvalue weighted by molar-refractivity contribution is 5.77. The van der Waals surface area contributed by atoms with Gasteiger partial charge in [0.15, 0.2) is 5.96 Å². The van der Waals surface area contributed by atoms with Crippen LogP contribution in [0.4, 0.5) is 0 Å². The first kappa shape index (κ1) is 14.7. The van der Waals surface area contributed by atoms with Gasteiger partial charge in [0.2, 0.25) is 0 Å². The Balaban J connectivity index is 1.69. The summed E-state index contributed by atoms with van der Waals surface area (Å²) >= 11 is 0. The van der Waals surface area contributed by atoms with E-state index in [2.05, 4.69) is 16.4 Å². The zero-order valence-electron chi connectivity index (χ0n) is 12.0. The minimum absolute atomic E-state index is 0.244. The Hall–Kier alpha value is -1.75. The Morgan fingerprint density at radius 3 is 3.20 bits per heavy atom. The number of methoxy groups -OCH3 is 1. The Bertz CT molecular complexity index is 442. The number of hydrogen-bond donors (Lipinski definition) is 2. The van der Waals surface area contributed by atoms with Crippen molar-refractivity contribution in [2.75, 3.05) is 26.8 Å². The highest BCUT2D eigenvalue weighted by Crippen LogP contribution is 2.13. The van der Waals surface area contributed by atoms with Crippen molar-refractivity contribution in [2.45, 2.75) is 25.4 Å². The van der Waals surface area contributed by atoms with Crippen LogP contribution in [0, 0.1) is 0 Å². The van der Waals surface area contributed by atoms with Crippen molar-refractivity contribution in [3.05, 3.63) is 29.8 Å². The molecule has 5 heteroatoms. The monoisotopic (exact) mass is 277 g/mol. The lowest BCUT2D eigenvalue weighted by molar-refractivity contribution is 0.118. The SMILES string of the molecule is COc1cccc(CCNC(N)=NCC2CCCO2)c1. The summed E-state index contributed by atoms with van der Waals surface area (Å²) in [7, 11) is 1.67. The number of guanidine groups is 1. The molecule has 0 radical (unpaired) electrons. The van der Waals surface area contributed by atoms with Crippen molar-refractivity contribution in [1.29, 1.82) is 0 Å². The van der Waals surface area contributed by atoms with Gasteiger partial charge in [0.1, 0.15) is 5.75 Å². The maximum absolute atomic E-state index is 5.83. The van der Waals surface area contributed by atoms with Gasteiger partial charge >= 0.3 is 0 Å². The molecule has 0 amide bonds. The van der Waals surface area contributed by atoms with Crippen molar-refractivity contribution in [3.63, 3.8) is 0 Å². The fourth-order valence-corrected chi connectivity index (χ4v) is 2.21. The summed E-state index contributed by atoms with van der Waals surface area (Å²) in [5.74, 6) is 1.37. The average molecular weight is 277 g/mol. The topological polar surface area (TPSA) is 68.9 Å². The number of nitrogens with zero attached hydrogens (tertiary/aromatic N) is 1. The van der Waals surface area contributed by atoms with Crippen LogP contribution < -0.4 is 15.8 Å². The van der Waals surface area contributed by atoms with Crippen LogP contribution in [0.15, 0.2) is 29.3 Å².